The van der Waals surface area contributed by atoms with Crippen LogP contribution in [0.2, 0.25) is 0 Å². The number of likely N-dealkylation sites (tertiary alicyclic amines) is 1. The molecule has 0 bridgehead atoms. The van der Waals surface area contributed by atoms with Gasteiger partial charge in [0.05, 0.1) is 13.0 Å². The van der Waals surface area contributed by atoms with Crippen molar-refractivity contribution in [2.45, 2.75) is 12.8 Å². The number of hydrogen-bond donors (Lipinski definition) is 0. The van der Waals surface area contributed by atoms with Gasteiger partial charge in [0.1, 0.15) is 5.75 Å². The van der Waals surface area contributed by atoms with Crippen molar-refractivity contribution in [2.75, 3.05) is 26.8 Å². The number of nitrogens with zero attached hydrogens (tertiary/aromatic N) is 1. The summed E-state index contributed by atoms with van der Waals surface area (Å²) in [6.07, 6.45) is 4.40. The van der Waals surface area contributed by atoms with Crippen LogP contribution in [0.15, 0.2) is 60.7 Å². The van der Waals surface area contributed by atoms with Gasteiger partial charge in [-0.25, -0.2) is 0 Å². The van der Waals surface area contributed by atoms with Gasteiger partial charge < -0.3 is 14.4 Å². The summed E-state index contributed by atoms with van der Waals surface area (Å²) in [6.45, 7) is 0.693. The van der Waals surface area contributed by atoms with Gasteiger partial charge in [-0.3, -0.25) is 14.4 Å². The summed E-state index contributed by atoms with van der Waals surface area (Å²) < 4.78 is 10.3. The molecule has 6 heteroatoms. The van der Waals surface area contributed by atoms with E-state index < -0.39 is 0 Å². The summed E-state index contributed by atoms with van der Waals surface area (Å²) in [7, 11) is 1.55. The molecule has 2 aromatic carbocycles. The lowest BCUT2D eigenvalue weighted by atomic mass is 9.97. The van der Waals surface area contributed by atoms with Crippen molar-refractivity contribution in [3.8, 4) is 5.75 Å². The highest BCUT2D eigenvalue weighted by atomic mass is 16.5. The second-order valence-electron chi connectivity index (χ2n) is 7.10. The Morgan fingerprint density at radius 1 is 1.00 bits per heavy atom. The van der Waals surface area contributed by atoms with Crippen molar-refractivity contribution in [1.82, 2.24) is 4.90 Å². The molecule has 6 nitrogen and oxygen atoms in total. The fourth-order valence-corrected chi connectivity index (χ4v) is 3.29. The molecular formula is C24H25NO5. The number of amides is 1. The van der Waals surface area contributed by atoms with Crippen molar-refractivity contribution in [3.05, 3.63) is 71.8 Å². The van der Waals surface area contributed by atoms with Crippen LogP contribution >= 0.6 is 0 Å². The molecule has 0 spiro atoms. The topological polar surface area (TPSA) is 72.9 Å². The maximum Gasteiger partial charge on any atom is 0.309 e. The third-order valence-corrected chi connectivity index (χ3v) is 5.12. The number of methoxy groups -OCH3 is 1. The van der Waals surface area contributed by atoms with Crippen molar-refractivity contribution >= 4 is 23.7 Å². The molecule has 1 saturated heterocycles. The molecule has 1 fully saturated rings. The summed E-state index contributed by atoms with van der Waals surface area (Å²) in [4.78, 5) is 38.6. The lowest BCUT2D eigenvalue weighted by molar-refractivity contribution is -0.150. The number of ether oxygens (including phenoxy) is 2. The molecule has 0 radical (unpaired) electrons. The van der Waals surface area contributed by atoms with E-state index in [0.29, 0.717) is 37.2 Å². The lowest BCUT2D eigenvalue weighted by Crippen LogP contribution is -2.40. The smallest absolute Gasteiger partial charge is 0.309 e. The number of carbonyl (C=O) groups excluding carboxylic acids is 3. The molecule has 0 saturated carbocycles. The number of hydrogen-bond acceptors (Lipinski definition) is 5. The third kappa shape index (κ3) is 5.80. The van der Waals surface area contributed by atoms with Crippen LogP contribution in [0.1, 0.15) is 28.8 Å². The minimum absolute atomic E-state index is 0.0691. The van der Waals surface area contributed by atoms with Gasteiger partial charge in [0.2, 0.25) is 5.91 Å². The predicted molar refractivity (Wildman–Crippen MR) is 113 cm³/mol. The number of ketones is 1. The monoisotopic (exact) mass is 407 g/mol. The standard InChI is InChI=1S/C24H25NO5/c1-29-21-10-8-19(9-11-21)22(26)17-30-24(28)20-13-15-25(16-14-20)23(27)12-7-18-5-3-2-4-6-18/h2-12,20H,13-17H2,1H3/b12-7+. The van der Waals surface area contributed by atoms with Gasteiger partial charge >= 0.3 is 5.97 Å². The van der Waals surface area contributed by atoms with E-state index in [-0.39, 0.29) is 30.2 Å². The zero-order valence-electron chi connectivity index (χ0n) is 17.0. The van der Waals surface area contributed by atoms with Gasteiger partial charge in [0.25, 0.3) is 0 Å². The maximum absolute atomic E-state index is 12.3. The van der Waals surface area contributed by atoms with Gasteiger partial charge in [0, 0.05) is 24.7 Å². The Bertz CT molecular complexity index is 897. The second-order valence-corrected chi connectivity index (χ2v) is 7.10. The lowest BCUT2D eigenvalue weighted by Gasteiger charge is -2.30. The molecule has 3 rings (SSSR count). The van der Waals surface area contributed by atoms with Crippen molar-refractivity contribution in [2.24, 2.45) is 5.92 Å². The Morgan fingerprint density at radius 2 is 1.67 bits per heavy atom. The van der Waals surface area contributed by atoms with Crippen LogP contribution in [0.5, 0.6) is 5.75 Å². The van der Waals surface area contributed by atoms with Crippen LogP contribution in [0.25, 0.3) is 6.08 Å². The van der Waals surface area contributed by atoms with Gasteiger partial charge in [-0.1, -0.05) is 30.3 Å². The quantitative estimate of drug-likeness (QED) is 0.400. The van der Waals surface area contributed by atoms with E-state index in [4.69, 9.17) is 9.47 Å². The van der Waals surface area contributed by atoms with E-state index in [1.165, 1.54) is 0 Å². The molecule has 1 heterocycles. The molecule has 0 atom stereocenters. The first-order valence-electron chi connectivity index (χ1n) is 9.93. The number of Topliss-reactive ketones (excluding diaryl/α,β-unsaturated/α-hetero) is 1. The number of rotatable bonds is 7. The molecule has 1 amide bonds. The Morgan fingerprint density at radius 3 is 2.30 bits per heavy atom. The molecule has 1 aliphatic heterocycles. The van der Waals surface area contributed by atoms with E-state index in [0.717, 1.165) is 5.56 Å². The van der Waals surface area contributed by atoms with E-state index in [9.17, 15) is 14.4 Å². The number of benzene rings is 2. The van der Waals surface area contributed by atoms with Crippen LogP contribution < -0.4 is 4.74 Å². The number of carbonyl (C=O) groups is 3. The normalized spacial score (nSPS) is 14.5. The largest absolute Gasteiger partial charge is 0.497 e. The van der Waals surface area contributed by atoms with Crippen LogP contribution in [0.4, 0.5) is 0 Å². The van der Waals surface area contributed by atoms with Crippen molar-refractivity contribution in [1.29, 1.82) is 0 Å². The Balaban J connectivity index is 1.42. The average molecular weight is 407 g/mol. The van der Waals surface area contributed by atoms with Gasteiger partial charge in [-0.15, -0.1) is 0 Å². The highest BCUT2D eigenvalue weighted by molar-refractivity contribution is 5.98. The van der Waals surface area contributed by atoms with Crippen LogP contribution in [0, 0.1) is 5.92 Å². The molecule has 2 aromatic rings. The summed E-state index contributed by atoms with van der Waals surface area (Å²) in [6, 6.07) is 16.3. The predicted octanol–water partition coefficient (Wildman–Crippen LogP) is 3.37. The van der Waals surface area contributed by atoms with E-state index in [2.05, 4.69) is 0 Å². The van der Waals surface area contributed by atoms with Gasteiger partial charge in [0.15, 0.2) is 12.4 Å². The number of esters is 1. The summed E-state index contributed by atoms with van der Waals surface area (Å²) in [5.74, 6) is -0.354. The van der Waals surface area contributed by atoms with Crippen LogP contribution in [-0.4, -0.2) is 49.4 Å². The minimum Gasteiger partial charge on any atom is -0.497 e. The first-order valence-corrected chi connectivity index (χ1v) is 9.93. The van der Waals surface area contributed by atoms with E-state index in [1.54, 1.807) is 48.4 Å². The van der Waals surface area contributed by atoms with Gasteiger partial charge in [-0.05, 0) is 48.7 Å². The summed E-state index contributed by atoms with van der Waals surface area (Å²) in [5, 5.41) is 0. The fourth-order valence-electron chi connectivity index (χ4n) is 3.29. The van der Waals surface area contributed by atoms with Gasteiger partial charge in [-0.2, -0.15) is 0 Å². The molecule has 0 N–H and O–H groups in total. The van der Waals surface area contributed by atoms with Crippen LogP contribution in [0.3, 0.4) is 0 Å². The van der Waals surface area contributed by atoms with E-state index >= 15 is 0 Å². The first-order chi connectivity index (χ1) is 14.6. The first kappa shape index (κ1) is 21.3. The molecule has 156 valence electrons. The molecule has 0 aromatic heterocycles. The highest BCUT2D eigenvalue weighted by Gasteiger charge is 2.28. The second kappa shape index (κ2) is 10.4. The zero-order valence-corrected chi connectivity index (χ0v) is 17.0. The third-order valence-electron chi connectivity index (χ3n) is 5.12. The summed E-state index contributed by atoms with van der Waals surface area (Å²) >= 11 is 0. The highest BCUT2D eigenvalue weighted by Crippen LogP contribution is 2.19. The fraction of sp³-hybridized carbons (Fsp3) is 0.292. The van der Waals surface area contributed by atoms with E-state index in [1.807, 2.05) is 30.3 Å². The van der Waals surface area contributed by atoms with Crippen molar-refractivity contribution in [3.63, 3.8) is 0 Å². The zero-order chi connectivity index (χ0) is 21.3. The Kier molecular flexibility index (Phi) is 7.38. The van der Waals surface area contributed by atoms with Crippen LogP contribution in [-0.2, 0) is 14.3 Å². The molecular weight excluding hydrogens is 382 g/mol. The average Bonchev–Trinajstić information content (AvgIpc) is 2.81. The molecule has 0 unspecified atom stereocenters. The SMILES string of the molecule is COc1ccc(C(=O)COC(=O)C2CCN(C(=O)/C=C/c3ccccc3)CC2)cc1. The minimum atomic E-state index is -0.385. The molecule has 1 aliphatic rings. The van der Waals surface area contributed by atoms with Crippen molar-refractivity contribution < 1.29 is 23.9 Å². The molecule has 0 aliphatic carbocycles. The molecule has 30 heavy (non-hydrogen) atoms. The maximum atomic E-state index is 12.3. The number of piperidine rings is 1. The Labute approximate surface area is 176 Å². The Hall–Kier alpha value is -3.41. The summed E-state index contributed by atoms with van der Waals surface area (Å²) in [5.41, 5.74) is 1.43.